The third kappa shape index (κ3) is 4.82. The maximum absolute atomic E-state index is 12.7. The van der Waals surface area contributed by atoms with Crippen LogP contribution in [0.15, 0.2) is 16.9 Å². The number of thiazole rings is 1. The summed E-state index contributed by atoms with van der Waals surface area (Å²) in [6, 6.07) is 3.17. The summed E-state index contributed by atoms with van der Waals surface area (Å²) in [4.78, 5) is 32.4. The van der Waals surface area contributed by atoms with Crippen molar-refractivity contribution >= 4 is 23.1 Å². The Kier molecular flexibility index (Phi) is 6.71. The van der Waals surface area contributed by atoms with Crippen LogP contribution in [0.1, 0.15) is 71.4 Å². The molecule has 2 aromatic rings. The van der Waals surface area contributed by atoms with E-state index in [1.165, 1.54) is 16.0 Å². The van der Waals surface area contributed by atoms with E-state index in [4.69, 9.17) is 0 Å². The summed E-state index contributed by atoms with van der Waals surface area (Å²) in [7, 11) is 0. The monoisotopic (exact) mass is 445 g/mol. The molecule has 0 radical (unpaired) electrons. The number of aromatic nitrogens is 3. The molecule has 0 bridgehead atoms. The number of carbonyl (C=O) groups excluding carboxylic acids is 1. The van der Waals surface area contributed by atoms with Crippen molar-refractivity contribution < 1.29 is 9.90 Å². The van der Waals surface area contributed by atoms with Gasteiger partial charge in [0.25, 0.3) is 11.5 Å². The lowest BCUT2D eigenvalue weighted by atomic mass is 9.93. The van der Waals surface area contributed by atoms with Crippen molar-refractivity contribution in [1.29, 1.82) is 0 Å². The Hall–Kier alpha value is -2.26. The molecule has 3 heterocycles. The van der Waals surface area contributed by atoms with Gasteiger partial charge in [0.1, 0.15) is 10.7 Å². The second kappa shape index (κ2) is 9.48. The zero-order valence-electron chi connectivity index (χ0n) is 18.2. The van der Waals surface area contributed by atoms with Gasteiger partial charge in [0, 0.05) is 25.2 Å². The van der Waals surface area contributed by atoms with Crippen LogP contribution >= 0.6 is 11.3 Å². The first-order valence-electron chi connectivity index (χ1n) is 11.2. The number of piperidine rings is 1. The average Bonchev–Trinajstić information content (AvgIpc) is 3.11. The van der Waals surface area contributed by atoms with Crippen molar-refractivity contribution in [2.75, 3.05) is 18.0 Å². The number of aryl methyl sites for hydroxylation is 2. The Balaban J connectivity index is 1.50. The van der Waals surface area contributed by atoms with Crippen molar-refractivity contribution in [3.05, 3.63) is 38.1 Å². The standard InChI is InChI=1S/C22H31N5O3S/c1-14-21(31-15(2)24-14)22(30)23-13-16-7-5-6-12-26(16)19-10-11-20(29)27(25-19)17-8-3-4-9-18(17)28/h10-11,16-18,28H,3-9,12-13H2,1-2H3,(H,23,30). The normalized spacial score (nSPS) is 24.2. The van der Waals surface area contributed by atoms with E-state index in [9.17, 15) is 14.7 Å². The molecule has 3 unspecified atom stereocenters. The summed E-state index contributed by atoms with van der Waals surface area (Å²) in [6.45, 7) is 5.11. The summed E-state index contributed by atoms with van der Waals surface area (Å²) in [6.07, 6.45) is 6.02. The predicted octanol–water partition coefficient (Wildman–Crippen LogP) is 2.58. The van der Waals surface area contributed by atoms with Gasteiger partial charge >= 0.3 is 0 Å². The summed E-state index contributed by atoms with van der Waals surface area (Å²) in [5.74, 6) is 0.651. The minimum absolute atomic E-state index is 0.0862. The fourth-order valence-electron chi connectivity index (χ4n) is 4.73. The highest BCUT2D eigenvalue weighted by Gasteiger charge is 2.29. The second-order valence-corrected chi connectivity index (χ2v) is 9.80. The van der Waals surface area contributed by atoms with Crippen LogP contribution in [0.25, 0.3) is 0 Å². The molecule has 2 aromatic heterocycles. The molecule has 2 fully saturated rings. The molecular formula is C22H31N5O3S. The van der Waals surface area contributed by atoms with E-state index in [1.807, 2.05) is 13.8 Å². The Morgan fingerprint density at radius 1 is 1.19 bits per heavy atom. The first-order chi connectivity index (χ1) is 14.9. The van der Waals surface area contributed by atoms with E-state index in [0.717, 1.165) is 61.6 Å². The molecule has 2 N–H and O–H groups in total. The number of amides is 1. The SMILES string of the molecule is Cc1nc(C)c(C(=O)NCC2CCCCN2c2ccc(=O)n(C3CCCCC3O)n2)s1. The summed E-state index contributed by atoms with van der Waals surface area (Å²) >= 11 is 1.41. The van der Waals surface area contributed by atoms with E-state index in [0.29, 0.717) is 17.8 Å². The molecule has 1 saturated carbocycles. The number of nitrogens with one attached hydrogen (secondary N) is 1. The van der Waals surface area contributed by atoms with Gasteiger partial charge in [-0.25, -0.2) is 9.67 Å². The molecular weight excluding hydrogens is 414 g/mol. The van der Waals surface area contributed by atoms with Crippen LogP contribution in [0.3, 0.4) is 0 Å². The lowest BCUT2D eigenvalue weighted by Gasteiger charge is -2.37. The quantitative estimate of drug-likeness (QED) is 0.734. The molecule has 168 valence electrons. The number of aliphatic hydroxyl groups excluding tert-OH is 1. The van der Waals surface area contributed by atoms with E-state index in [-0.39, 0.29) is 23.6 Å². The molecule has 8 nitrogen and oxygen atoms in total. The molecule has 3 atom stereocenters. The number of hydrogen-bond acceptors (Lipinski definition) is 7. The number of anilines is 1. The number of carbonyl (C=O) groups is 1. The molecule has 1 saturated heterocycles. The van der Waals surface area contributed by atoms with Gasteiger partial charge in [0.05, 0.1) is 22.8 Å². The first kappa shape index (κ1) is 22.0. The van der Waals surface area contributed by atoms with Crippen LogP contribution in [0.2, 0.25) is 0 Å². The minimum Gasteiger partial charge on any atom is -0.391 e. The summed E-state index contributed by atoms with van der Waals surface area (Å²) < 4.78 is 1.48. The second-order valence-electron chi connectivity index (χ2n) is 8.59. The van der Waals surface area contributed by atoms with Crippen LogP contribution in [-0.2, 0) is 0 Å². The smallest absolute Gasteiger partial charge is 0.267 e. The van der Waals surface area contributed by atoms with Gasteiger partial charge in [0.2, 0.25) is 0 Å². The van der Waals surface area contributed by atoms with Gasteiger partial charge < -0.3 is 15.3 Å². The Bertz CT molecular complexity index is 988. The highest BCUT2D eigenvalue weighted by atomic mass is 32.1. The summed E-state index contributed by atoms with van der Waals surface area (Å²) in [5, 5.41) is 19.0. The van der Waals surface area contributed by atoms with Gasteiger partial charge in [-0.1, -0.05) is 12.8 Å². The molecule has 0 spiro atoms. The molecule has 4 rings (SSSR count). The third-order valence-electron chi connectivity index (χ3n) is 6.35. The predicted molar refractivity (Wildman–Crippen MR) is 121 cm³/mol. The van der Waals surface area contributed by atoms with Gasteiger partial charge in [-0.3, -0.25) is 9.59 Å². The van der Waals surface area contributed by atoms with Crippen LogP contribution in [0.5, 0.6) is 0 Å². The zero-order chi connectivity index (χ0) is 22.0. The van der Waals surface area contributed by atoms with Gasteiger partial charge in [-0.05, 0) is 52.0 Å². The van der Waals surface area contributed by atoms with Crippen LogP contribution in [0.4, 0.5) is 5.82 Å². The maximum atomic E-state index is 12.7. The van der Waals surface area contributed by atoms with Gasteiger partial charge in [-0.15, -0.1) is 11.3 Å². The molecule has 31 heavy (non-hydrogen) atoms. The number of hydrogen-bond donors (Lipinski definition) is 2. The Morgan fingerprint density at radius 3 is 2.71 bits per heavy atom. The number of aliphatic hydroxyl groups is 1. The van der Waals surface area contributed by atoms with Crippen LogP contribution in [-0.4, -0.2) is 51.0 Å². The molecule has 0 aromatic carbocycles. The van der Waals surface area contributed by atoms with Gasteiger partial charge in [-0.2, -0.15) is 5.10 Å². The zero-order valence-corrected chi connectivity index (χ0v) is 19.0. The van der Waals surface area contributed by atoms with E-state index in [1.54, 1.807) is 12.1 Å². The van der Waals surface area contributed by atoms with Crippen LogP contribution < -0.4 is 15.8 Å². The fourth-order valence-corrected chi connectivity index (χ4v) is 5.57. The van der Waals surface area contributed by atoms with Crippen molar-refractivity contribution in [1.82, 2.24) is 20.1 Å². The highest BCUT2D eigenvalue weighted by Crippen LogP contribution is 2.28. The first-order valence-corrected chi connectivity index (χ1v) is 12.0. The van der Waals surface area contributed by atoms with Crippen molar-refractivity contribution in [2.45, 2.75) is 77.0 Å². The largest absolute Gasteiger partial charge is 0.391 e. The molecule has 1 aliphatic carbocycles. The van der Waals surface area contributed by atoms with Gasteiger partial charge in [0.15, 0.2) is 0 Å². The minimum atomic E-state index is -0.531. The average molecular weight is 446 g/mol. The Morgan fingerprint density at radius 2 is 1.97 bits per heavy atom. The molecule has 1 aliphatic heterocycles. The molecule has 2 aliphatic rings. The molecule has 9 heteroatoms. The van der Waals surface area contributed by atoms with E-state index < -0.39 is 6.10 Å². The van der Waals surface area contributed by atoms with Crippen molar-refractivity contribution in [3.63, 3.8) is 0 Å². The summed E-state index contributed by atoms with van der Waals surface area (Å²) in [5.41, 5.74) is 0.591. The van der Waals surface area contributed by atoms with E-state index in [2.05, 4.69) is 20.3 Å². The number of nitrogens with zero attached hydrogens (tertiary/aromatic N) is 4. The third-order valence-corrected chi connectivity index (χ3v) is 7.42. The topological polar surface area (TPSA) is 100 Å². The van der Waals surface area contributed by atoms with E-state index >= 15 is 0 Å². The maximum Gasteiger partial charge on any atom is 0.267 e. The number of rotatable bonds is 5. The fraction of sp³-hybridized carbons (Fsp3) is 0.636. The van der Waals surface area contributed by atoms with Crippen LogP contribution in [0, 0.1) is 13.8 Å². The highest BCUT2D eigenvalue weighted by molar-refractivity contribution is 7.13. The van der Waals surface area contributed by atoms with Crippen molar-refractivity contribution in [2.24, 2.45) is 0 Å². The molecule has 1 amide bonds. The Labute approximate surface area is 186 Å². The van der Waals surface area contributed by atoms with Crippen molar-refractivity contribution in [3.8, 4) is 0 Å². The lowest BCUT2D eigenvalue weighted by molar-refractivity contribution is 0.0669. The lowest BCUT2D eigenvalue weighted by Crippen LogP contribution is -2.48.